The van der Waals surface area contributed by atoms with E-state index in [0.717, 1.165) is 29.7 Å². The zero-order valence-corrected chi connectivity index (χ0v) is 15.8. The van der Waals surface area contributed by atoms with Crippen LogP contribution in [0.3, 0.4) is 0 Å². The number of para-hydroxylation sites is 2. The maximum atomic E-state index is 12.8. The number of hydrogen-bond acceptors (Lipinski definition) is 2. The molecule has 26 heavy (non-hydrogen) atoms. The first-order valence-corrected chi connectivity index (χ1v) is 9.39. The van der Waals surface area contributed by atoms with Gasteiger partial charge in [-0.3, -0.25) is 9.59 Å². The monoisotopic (exact) mass is 370 g/mol. The topological polar surface area (TPSA) is 49.4 Å². The lowest BCUT2D eigenvalue weighted by Gasteiger charge is -2.19. The van der Waals surface area contributed by atoms with Crippen molar-refractivity contribution in [1.29, 1.82) is 0 Å². The molecule has 4 nitrogen and oxygen atoms in total. The van der Waals surface area contributed by atoms with Crippen molar-refractivity contribution < 1.29 is 9.59 Å². The molecule has 0 bridgehead atoms. The lowest BCUT2D eigenvalue weighted by Crippen LogP contribution is -2.28. The molecule has 1 saturated heterocycles. The second kappa shape index (κ2) is 7.92. The van der Waals surface area contributed by atoms with Gasteiger partial charge >= 0.3 is 0 Å². The molecule has 0 aliphatic carbocycles. The van der Waals surface area contributed by atoms with Crippen LogP contribution >= 0.6 is 11.6 Å². The van der Waals surface area contributed by atoms with Gasteiger partial charge in [-0.25, -0.2) is 0 Å². The number of anilines is 2. The van der Waals surface area contributed by atoms with Gasteiger partial charge in [-0.15, -0.1) is 0 Å². The highest BCUT2D eigenvalue weighted by Gasteiger charge is 2.36. The Labute approximate surface area is 159 Å². The summed E-state index contributed by atoms with van der Waals surface area (Å²) in [7, 11) is 0. The lowest BCUT2D eigenvalue weighted by molar-refractivity contribution is -0.122. The average Bonchev–Trinajstić information content (AvgIpc) is 3.04. The van der Waals surface area contributed by atoms with Crippen LogP contribution in [-0.4, -0.2) is 18.4 Å². The Kier molecular flexibility index (Phi) is 5.62. The zero-order chi connectivity index (χ0) is 18.7. The van der Waals surface area contributed by atoms with Crippen LogP contribution in [0.1, 0.15) is 31.4 Å². The largest absolute Gasteiger partial charge is 0.325 e. The van der Waals surface area contributed by atoms with Gasteiger partial charge in [0.2, 0.25) is 11.8 Å². The normalized spacial score (nSPS) is 16.8. The highest BCUT2D eigenvalue weighted by Crippen LogP contribution is 2.32. The first kappa shape index (κ1) is 18.5. The van der Waals surface area contributed by atoms with Crippen LogP contribution in [0.15, 0.2) is 42.5 Å². The summed E-state index contributed by atoms with van der Waals surface area (Å²) < 4.78 is 0. The molecule has 0 saturated carbocycles. The van der Waals surface area contributed by atoms with Gasteiger partial charge in [0.05, 0.1) is 16.6 Å². The van der Waals surface area contributed by atoms with Crippen molar-refractivity contribution in [2.45, 2.75) is 33.1 Å². The Hall–Kier alpha value is -2.33. The summed E-state index contributed by atoms with van der Waals surface area (Å²) in [6, 6.07) is 13.3. The summed E-state index contributed by atoms with van der Waals surface area (Å²) in [5.74, 6) is -0.561. The van der Waals surface area contributed by atoms with Crippen LogP contribution in [0.5, 0.6) is 0 Å². The number of aryl methyl sites for hydroxylation is 2. The Balaban J connectivity index is 1.78. The van der Waals surface area contributed by atoms with E-state index in [4.69, 9.17) is 11.6 Å². The minimum absolute atomic E-state index is 0.0715. The third-order valence-corrected chi connectivity index (χ3v) is 5.21. The predicted octanol–water partition coefficient (Wildman–Crippen LogP) is 4.46. The summed E-state index contributed by atoms with van der Waals surface area (Å²) in [6.07, 6.45) is 1.89. The third kappa shape index (κ3) is 3.61. The molecule has 3 rings (SSSR count). The number of carbonyl (C=O) groups is 2. The Morgan fingerprint density at radius 3 is 2.38 bits per heavy atom. The second-order valence-corrected chi connectivity index (χ2v) is 6.91. The highest BCUT2D eigenvalue weighted by molar-refractivity contribution is 6.33. The fourth-order valence-electron chi connectivity index (χ4n) is 3.42. The predicted molar refractivity (Wildman–Crippen MR) is 106 cm³/mol. The smallest absolute Gasteiger partial charge is 0.229 e. The lowest BCUT2D eigenvalue weighted by atomic mass is 10.0. The molecule has 2 amide bonds. The van der Waals surface area contributed by atoms with Crippen molar-refractivity contribution in [2.24, 2.45) is 5.92 Å². The molecule has 1 atom stereocenters. The van der Waals surface area contributed by atoms with Gasteiger partial charge < -0.3 is 10.2 Å². The Bertz CT molecular complexity index is 812. The van der Waals surface area contributed by atoms with E-state index in [-0.39, 0.29) is 24.2 Å². The summed E-state index contributed by atoms with van der Waals surface area (Å²) in [5, 5.41) is 3.60. The first-order valence-electron chi connectivity index (χ1n) is 9.01. The summed E-state index contributed by atoms with van der Waals surface area (Å²) in [6.45, 7) is 4.50. The van der Waals surface area contributed by atoms with Gasteiger partial charge in [-0.2, -0.15) is 0 Å². The molecule has 2 aromatic rings. The molecule has 1 fully saturated rings. The number of benzene rings is 2. The van der Waals surface area contributed by atoms with Crippen molar-refractivity contribution in [1.82, 2.24) is 0 Å². The van der Waals surface area contributed by atoms with Gasteiger partial charge in [0.1, 0.15) is 0 Å². The number of hydrogen-bond donors (Lipinski definition) is 1. The van der Waals surface area contributed by atoms with Crippen molar-refractivity contribution in [3.05, 3.63) is 58.6 Å². The molecule has 0 unspecified atom stereocenters. The van der Waals surface area contributed by atoms with Crippen molar-refractivity contribution >= 4 is 34.8 Å². The Morgan fingerprint density at radius 1 is 1.12 bits per heavy atom. The van der Waals surface area contributed by atoms with E-state index < -0.39 is 0 Å². The number of carbonyl (C=O) groups excluding carboxylic acids is 2. The number of halogens is 1. The number of nitrogens with one attached hydrogen (secondary N) is 1. The van der Waals surface area contributed by atoms with E-state index in [1.165, 1.54) is 0 Å². The molecular formula is C21H23ClN2O2. The van der Waals surface area contributed by atoms with Crippen molar-refractivity contribution in [3.63, 3.8) is 0 Å². The maximum Gasteiger partial charge on any atom is 0.229 e. The quantitative estimate of drug-likeness (QED) is 0.844. The van der Waals surface area contributed by atoms with Gasteiger partial charge in [-0.05, 0) is 36.1 Å². The molecular weight excluding hydrogens is 348 g/mol. The molecule has 1 aliphatic rings. The van der Waals surface area contributed by atoms with E-state index in [2.05, 4.69) is 19.2 Å². The summed E-state index contributed by atoms with van der Waals surface area (Å²) >= 11 is 6.21. The molecule has 2 aromatic carbocycles. The van der Waals surface area contributed by atoms with Crippen molar-refractivity contribution in [2.75, 3.05) is 16.8 Å². The van der Waals surface area contributed by atoms with Crippen LogP contribution in [-0.2, 0) is 22.4 Å². The van der Waals surface area contributed by atoms with E-state index in [1.807, 2.05) is 36.4 Å². The molecule has 1 heterocycles. The van der Waals surface area contributed by atoms with Crippen LogP contribution in [0, 0.1) is 5.92 Å². The highest BCUT2D eigenvalue weighted by atomic mass is 35.5. The molecule has 0 radical (unpaired) electrons. The molecule has 0 aromatic heterocycles. The van der Waals surface area contributed by atoms with Crippen LogP contribution in [0.2, 0.25) is 5.02 Å². The van der Waals surface area contributed by atoms with Crippen LogP contribution in [0.4, 0.5) is 11.4 Å². The fourth-order valence-corrected chi connectivity index (χ4v) is 3.65. The van der Waals surface area contributed by atoms with Gasteiger partial charge in [0, 0.05) is 18.7 Å². The number of amides is 2. The van der Waals surface area contributed by atoms with Gasteiger partial charge in [-0.1, -0.05) is 55.8 Å². The van der Waals surface area contributed by atoms with Crippen molar-refractivity contribution in [3.8, 4) is 0 Å². The second-order valence-electron chi connectivity index (χ2n) is 6.50. The van der Waals surface area contributed by atoms with E-state index in [1.54, 1.807) is 11.0 Å². The first-order chi connectivity index (χ1) is 12.5. The van der Waals surface area contributed by atoms with E-state index in [0.29, 0.717) is 17.3 Å². The molecule has 0 spiro atoms. The maximum absolute atomic E-state index is 12.8. The third-order valence-electron chi connectivity index (χ3n) is 4.89. The SMILES string of the molecule is CCc1cccc(CC)c1NC(=O)[C@@H]1CC(=O)N(c2ccccc2Cl)C1. The fraction of sp³-hybridized carbons (Fsp3) is 0.333. The van der Waals surface area contributed by atoms with Gasteiger partial charge in [0.25, 0.3) is 0 Å². The zero-order valence-electron chi connectivity index (χ0n) is 15.1. The molecule has 136 valence electrons. The molecule has 1 aliphatic heterocycles. The molecule has 5 heteroatoms. The minimum Gasteiger partial charge on any atom is -0.325 e. The Morgan fingerprint density at radius 2 is 1.77 bits per heavy atom. The summed E-state index contributed by atoms with van der Waals surface area (Å²) in [4.78, 5) is 26.9. The summed E-state index contributed by atoms with van der Waals surface area (Å²) in [5.41, 5.74) is 3.79. The number of nitrogens with zero attached hydrogens (tertiary/aromatic N) is 1. The van der Waals surface area contributed by atoms with E-state index >= 15 is 0 Å². The number of rotatable bonds is 5. The standard InChI is InChI=1S/C21H23ClN2O2/c1-3-14-8-7-9-15(4-2)20(14)23-21(26)16-12-19(25)24(13-16)18-11-6-5-10-17(18)22/h5-11,16H,3-4,12-13H2,1-2H3,(H,23,26)/t16-/m1/s1. The van der Waals surface area contributed by atoms with Gasteiger partial charge in [0.15, 0.2) is 0 Å². The van der Waals surface area contributed by atoms with Crippen LogP contribution < -0.4 is 10.2 Å². The van der Waals surface area contributed by atoms with Crippen LogP contribution in [0.25, 0.3) is 0 Å². The average molecular weight is 371 g/mol. The minimum atomic E-state index is -0.381. The molecule has 1 N–H and O–H groups in total. The van der Waals surface area contributed by atoms with E-state index in [9.17, 15) is 9.59 Å².